The van der Waals surface area contributed by atoms with Gasteiger partial charge in [0.1, 0.15) is 5.60 Å². The largest absolute Gasteiger partial charge is 0.444 e. The average Bonchev–Trinajstić information content (AvgIpc) is 2.94. The van der Waals surface area contributed by atoms with Crippen LogP contribution in [0.1, 0.15) is 32.8 Å². The molecule has 0 aliphatic carbocycles. The summed E-state index contributed by atoms with van der Waals surface area (Å²) >= 11 is 6.43. The molecule has 1 atom stereocenters. The molecule has 0 aromatic heterocycles. The minimum absolute atomic E-state index is 0.125. The van der Waals surface area contributed by atoms with Gasteiger partial charge in [-0.15, -0.1) is 0 Å². The van der Waals surface area contributed by atoms with Crippen LogP contribution >= 0.6 is 11.6 Å². The third kappa shape index (κ3) is 4.77. The highest BCUT2D eigenvalue weighted by Gasteiger charge is 2.31. The Balaban J connectivity index is 2.01. The molecular formula is C18H28ClN3O2. The molecule has 0 unspecified atom stereocenters. The molecule has 134 valence electrons. The molecule has 1 fully saturated rings. The van der Waals surface area contributed by atoms with Crippen molar-refractivity contribution in [2.45, 2.75) is 45.3 Å². The Morgan fingerprint density at radius 3 is 2.75 bits per heavy atom. The molecule has 6 heteroatoms. The summed E-state index contributed by atoms with van der Waals surface area (Å²) in [7, 11) is 1.80. The van der Waals surface area contributed by atoms with Gasteiger partial charge >= 0.3 is 6.09 Å². The number of carbonyl (C=O) groups is 1. The molecular weight excluding hydrogens is 326 g/mol. The zero-order chi connectivity index (χ0) is 17.9. The third-order valence-corrected chi connectivity index (χ3v) is 4.48. The first-order valence-electron chi connectivity index (χ1n) is 8.40. The van der Waals surface area contributed by atoms with E-state index in [0.29, 0.717) is 6.54 Å². The Bertz CT molecular complexity index is 586. The Morgan fingerprint density at radius 2 is 2.17 bits per heavy atom. The predicted octanol–water partition coefficient (Wildman–Crippen LogP) is 3.29. The number of amides is 1. The Kier molecular flexibility index (Phi) is 5.99. The maximum atomic E-state index is 12.2. The molecule has 2 rings (SSSR count). The molecule has 2 N–H and O–H groups in total. The molecule has 0 radical (unpaired) electrons. The number of hydrogen-bond donors (Lipinski definition) is 1. The van der Waals surface area contributed by atoms with Crippen molar-refractivity contribution in [2.24, 2.45) is 5.73 Å². The van der Waals surface area contributed by atoms with Crippen LogP contribution in [0.2, 0.25) is 5.02 Å². The van der Waals surface area contributed by atoms with Gasteiger partial charge in [-0.2, -0.15) is 0 Å². The fraction of sp³-hybridized carbons (Fsp3) is 0.611. The van der Waals surface area contributed by atoms with E-state index in [2.05, 4.69) is 11.0 Å². The minimum Gasteiger partial charge on any atom is -0.444 e. The van der Waals surface area contributed by atoms with Crippen molar-refractivity contribution in [2.75, 3.05) is 31.6 Å². The highest BCUT2D eigenvalue weighted by molar-refractivity contribution is 6.33. The zero-order valence-electron chi connectivity index (χ0n) is 15.0. The first-order valence-corrected chi connectivity index (χ1v) is 8.78. The molecule has 1 saturated heterocycles. The quantitative estimate of drug-likeness (QED) is 0.902. The van der Waals surface area contributed by atoms with Crippen LogP contribution in [-0.4, -0.2) is 49.3 Å². The smallest absolute Gasteiger partial charge is 0.410 e. The summed E-state index contributed by atoms with van der Waals surface area (Å²) < 4.78 is 5.45. The number of rotatable bonds is 4. The highest BCUT2D eigenvalue weighted by atomic mass is 35.5. The van der Waals surface area contributed by atoms with E-state index in [1.807, 2.05) is 32.9 Å². The van der Waals surface area contributed by atoms with E-state index < -0.39 is 5.60 Å². The number of halogens is 1. The maximum absolute atomic E-state index is 12.2. The molecule has 1 heterocycles. The van der Waals surface area contributed by atoms with Gasteiger partial charge in [0.15, 0.2) is 0 Å². The molecule has 0 saturated carbocycles. The molecule has 24 heavy (non-hydrogen) atoms. The van der Waals surface area contributed by atoms with Crippen molar-refractivity contribution in [3.63, 3.8) is 0 Å². The molecule has 0 bridgehead atoms. The number of hydrogen-bond acceptors (Lipinski definition) is 4. The fourth-order valence-corrected chi connectivity index (χ4v) is 3.21. The second kappa shape index (κ2) is 7.62. The summed E-state index contributed by atoms with van der Waals surface area (Å²) in [6, 6.07) is 6.22. The van der Waals surface area contributed by atoms with Crippen LogP contribution in [-0.2, 0) is 11.2 Å². The zero-order valence-corrected chi connectivity index (χ0v) is 15.8. The number of benzene rings is 1. The predicted molar refractivity (Wildman–Crippen MR) is 98.8 cm³/mol. The fourth-order valence-electron chi connectivity index (χ4n) is 2.89. The van der Waals surface area contributed by atoms with E-state index in [4.69, 9.17) is 22.1 Å². The first kappa shape index (κ1) is 18.9. The van der Waals surface area contributed by atoms with Gasteiger partial charge in [-0.05, 0) is 57.9 Å². The van der Waals surface area contributed by atoms with E-state index >= 15 is 0 Å². The van der Waals surface area contributed by atoms with Gasteiger partial charge in [-0.3, -0.25) is 0 Å². The van der Waals surface area contributed by atoms with Crippen LogP contribution in [0.3, 0.4) is 0 Å². The number of nitrogens with zero attached hydrogens (tertiary/aromatic N) is 2. The van der Waals surface area contributed by atoms with Gasteiger partial charge in [0, 0.05) is 20.1 Å². The van der Waals surface area contributed by atoms with E-state index in [1.165, 1.54) is 0 Å². The molecule has 5 nitrogen and oxygen atoms in total. The molecule has 1 aliphatic heterocycles. The lowest BCUT2D eigenvalue weighted by molar-refractivity contribution is 0.0238. The monoisotopic (exact) mass is 353 g/mol. The third-order valence-electron chi connectivity index (χ3n) is 4.18. The summed E-state index contributed by atoms with van der Waals surface area (Å²) in [6.45, 7) is 7.87. The SMILES string of the molecule is CN(C(=O)OC(C)(C)C)[C@H]1CCN(c2ccc(CCN)cc2Cl)C1. The van der Waals surface area contributed by atoms with Crippen LogP contribution in [0.25, 0.3) is 0 Å². The summed E-state index contributed by atoms with van der Waals surface area (Å²) in [5.41, 5.74) is 7.27. The van der Waals surface area contributed by atoms with Gasteiger partial charge in [0.25, 0.3) is 0 Å². The van der Waals surface area contributed by atoms with Crippen LogP contribution < -0.4 is 10.6 Å². The second-order valence-electron chi connectivity index (χ2n) is 7.30. The van der Waals surface area contributed by atoms with Gasteiger partial charge in [0.2, 0.25) is 0 Å². The molecule has 1 aromatic carbocycles. The second-order valence-corrected chi connectivity index (χ2v) is 7.71. The molecule has 1 aromatic rings. The highest BCUT2D eigenvalue weighted by Crippen LogP contribution is 2.31. The average molecular weight is 354 g/mol. The van der Waals surface area contributed by atoms with Gasteiger partial charge in [0.05, 0.1) is 16.8 Å². The van der Waals surface area contributed by atoms with Gasteiger partial charge in [-0.1, -0.05) is 17.7 Å². The summed E-state index contributed by atoms with van der Waals surface area (Å²) in [5.74, 6) is 0. The Hall–Kier alpha value is -1.46. The number of ether oxygens (including phenoxy) is 1. The van der Waals surface area contributed by atoms with Crippen molar-refractivity contribution in [1.82, 2.24) is 4.90 Å². The van der Waals surface area contributed by atoms with Gasteiger partial charge in [-0.25, -0.2) is 4.79 Å². The normalized spacial score (nSPS) is 17.9. The standard InChI is InChI=1S/C18H28ClN3O2/c1-18(2,3)24-17(23)21(4)14-8-10-22(12-14)16-6-5-13(7-9-20)11-15(16)19/h5-6,11,14H,7-10,12,20H2,1-4H3/t14-/m0/s1. The topological polar surface area (TPSA) is 58.8 Å². The lowest BCUT2D eigenvalue weighted by Gasteiger charge is -2.29. The number of nitrogens with two attached hydrogens (primary N) is 1. The van der Waals surface area contributed by atoms with E-state index in [-0.39, 0.29) is 12.1 Å². The summed E-state index contributed by atoms with van der Waals surface area (Å²) in [4.78, 5) is 16.1. The van der Waals surface area contributed by atoms with Crippen molar-refractivity contribution in [3.05, 3.63) is 28.8 Å². The van der Waals surface area contributed by atoms with Crippen LogP contribution in [0, 0.1) is 0 Å². The molecule has 1 amide bonds. The van der Waals surface area contributed by atoms with Crippen molar-refractivity contribution >= 4 is 23.4 Å². The Labute approximate surface area is 149 Å². The van der Waals surface area contributed by atoms with Crippen LogP contribution in [0.4, 0.5) is 10.5 Å². The van der Waals surface area contributed by atoms with Crippen molar-refractivity contribution in [1.29, 1.82) is 0 Å². The lowest BCUT2D eigenvalue weighted by Crippen LogP contribution is -2.42. The minimum atomic E-state index is -0.480. The maximum Gasteiger partial charge on any atom is 0.410 e. The lowest BCUT2D eigenvalue weighted by atomic mass is 10.1. The molecule has 0 spiro atoms. The first-order chi connectivity index (χ1) is 11.2. The van der Waals surface area contributed by atoms with Crippen LogP contribution in [0.5, 0.6) is 0 Å². The van der Waals surface area contributed by atoms with E-state index in [9.17, 15) is 4.79 Å². The number of anilines is 1. The number of likely N-dealkylation sites (N-methyl/N-ethyl adjacent to an activating group) is 1. The summed E-state index contributed by atoms with van der Waals surface area (Å²) in [6.07, 6.45) is 1.44. The van der Waals surface area contributed by atoms with Crippen molar-refractivity contribution < 1.29 is 9.53 Å². The van der Waals surface area contributed by atoms with E-state index in [0.717, 1.165) is 42.2 Å². The van der Waals surface area contributed by atoms with Crippen molar-refractivity contribution in [3.8, 4) is 0 Å². The van der Waals surface area contributed by atoms with E-state index in [1.54, 1.807) is 11.9 Å². The van der Waals surface area contributed by atoms with Gasteiger partial charge < -0.3 is 20.3 Å². The number of carbonyl (C=O) groups excluding carboxylic acids is 1. The summed E-state index contributed by atoms with van der Waals surface area (Å²) in [5, 5.41) is 0.738. The Morgan fingerprint density at radius 1 is 1.46 bits per heavy atom. The molecule has 1 aliphatic rings. The van der Waals surface area contributed by atoms with Crippen LogP contribution in [0.15, 0.2) is 18.2 Å².